The summed E-state index contributed by atoms with van der Waals surface area (Å²) >= 11 is 0. The number of rotatable bonds is 1. The van der Waals surface area contributed by atoms with Crippen molar-refractivity contribution in [3.8, 4) is 17.3 Å². The molecule has 0 N–H and O–H groups in total. The zero-order chi connectivity index (χ0) is 13.4. The molecule has 92 valence electrons. The molecule has 0 radical (unpaired) electrons. The second kappa shape index (κ2) is 4.25. The maximum Gasteiger partial charge on any atom is 0.137 e. The molecule has 0 saturated carbocycles. The van der Waals surface area contributed by atoms with Crippen LogP contribution in [0.15, 0.2) is 42.6 Å². The fourth-order valence-electron chi connectivity index (χ4n) is 2.21. The molecule has 3 heteroatoms. The molecule has 3 aromatic rings. The van der Waals surface area contributed by atoms with Crippen molar-refractivity contribution in [2.45, 2.75) is 13.8 Å². The summed E-state index contributed by atoms with van der Waals surface area (Å²) in [6.07, 6.45) is 1.83. The summed E-state index contributed by atoms with van der Waals surface area (Å²) in [5, 5.41) is 8.96. The third-order valence-electron chi connectivity index (χ3n) is 3.31. The standard InChI is InChI=1S/C16H13N3/c1-11-3-6-14(7-4-11)16-12(2)19-10-13(9-17)5-8-15(19)18-16/h3-8,10H,1-2H3. The van der Waals surface area contributed by atoms with Gasteiger partial charge < -0.3 is 4.40 Å². The van der Waals surface area contributed by atoms with Crippen molar-refractivity contribution in [1.29, 1.82) is 5.26 Å². The van der Waals surface area contributed by atoms with Gasteiger partial charge in [-0.3, -0.25) is 0 Å². The quantitative estimate of drug-likeness (QED) is 0.660. The highest BCUT2D eigenvalue weighted by atomic mass is 15.0. The van der Waals surface area contributed by atoms with E-state index >= 15 is 0 Å². The van der Waals surface area contributed by atoms with Crippen LogP contribution in [0.2, 0.25) is 0 Å². The lowest BCUT2D eigenvalue weighted by Gasteiger charge is -2.00. The van der Waals surface area contributed by atoms with E-state index in [1.54, 1.807) is 6.07 Å². The van der Waals surface area contributed by atoms with E-state index in [9.17, 15) is 0 Å². The molecule has 0 aliphatic carbocycles. The van der Waals surface area contributed by atoms with Gasteiger partial charge in [-0.25, -0.2) is 4.98 Å². The largest absolute Gasteiger partial charge is 0.302 e. The second-order valence-corrected chi connectivity index (χ2v) is 4.67. The number of aromatic nitrogens is 2. The zero-order valence-corrected chi connectivity index (χ0v) is 10.9. The molecular weight excluding hydrogens is 234 g/mol. The van der Waals surface area contributed by atoms with Crippen LogP contribution in [0.4, 0.5) is 0 Å². The van der Waals surface area contributed by atoms with Gasteiger partial charge in [-0.05, 0) is 26.0 Å². The lowest BCUT2D eigenvalue weighted by Crippen LogP contribution is -1.89. The minimum absolute atomic E-state index is 0.642. The first-order chi connectivity index (χ1) is 9.19. The molecule has 0 saturated heterocycles. The van der Waals surface area contributed by atoms with Gasteiger partial charge in [0.25, 0.3) is 0 Å². The highest BCUT2D eigenvalue weighted by Gasteiger charge is 2.10. The van der Waals surface area contributed by atoms with Crippen molar-refractivity contribution in [2.75, 3.05) is 0 Å². The number of imidazole rings is 1. The average Bonchev–Trinajstić information content (AvgIpc) is 2.76. The number of nitriles is 1. The lowest BCUT2D eigenvalue weighted by atomic mass is 10.1. The molecule has 0 spiro atoms. The number of hydrogen-bond acceptors (Lipinski definition) is 2. The van der Waals surface area contributed by atoms with Crippen LogP contribution >= 0.6 is 0 Å². The van der Waals surface area contributed by atoms with Gasteiger partial charge in [0.2, 0.25) is 0 Å². The summed E-state index contributed by atoms with van der Waals surface area (Å²) < 4.78 is 1.97. The van der Waals surface area contributed by atoms with Gasteiger partial charge in [-0.2, -0.15) is 5.26 Å². The van der Waals surface area contributed by atoms with E-state index in [0.717, 1.165) is 22.6 Å². The summed E-state index contributed by atoms with van der Waals surface area (Å²) in [5.74, 6) is 0. The molecule has 2 heterocycles. The molecule has 0 aliphatic rings. The van der Waals surface area contributed by atoms with Gasteiger partial charge in [-0.1, -0.05) is 29.8 Å². The molecule has 3 rings (SSSR count). The summed E-state index contributed by atoms with van der Waals surface area (Å²) in [5.41, 5.74) is 5.86. The van der Waals surface area contributed by atoms with Crippen LogP contribution < -0.4 is 0 Å². The minimum atomic E-state index is 0.642. The van der Waals surface area contributed by atoms with E-state index < -0.39 is 0 Å². The first-order valence-corrected chi connectivity index (χ1v) is 6.15. The Kier molecular flexibility index (Phi) is 2.57. The van der Waals surface area contributed by atoms with E-state index in [-0.39, 0.29) is 0 Å². The maximum atomic E-state index is 8.96. The number of aryl methyl sites for hydroxylation is 2. The third kappa shape index (κ3) is 1.88. The Balaban J connectivity index is 2.23. The van der Waals surface area contributed by atoms with E-state index in [0.29, 0.717) is 5.56 Å². The van der Waals surface area contributed by atoms with E-state index in [4.69, 9.17) is 5.26 Å². The first-order valence-electron chi connectivity index (χ1n) is 6.15. The van der Waals surface area contributed by atoms with Crippen LogP contribution in [0, 0.1) is 25.2 Å². The zero-order valence-electron chi connectivity index (χ0n) is 10.9. The Morgan fingerprint density at radius 1 is 1.05 bits per heavy atom. The van der Waals surface area contributed by atoms with E-state index in [2.05, 4.69) is 42.2 Å². The predicted molar refractivity (Wildman–Crippen MR) is 74.8 cm³/mol. The molecule has 3 nitrogen and oxygen atoms in total. The highest BCUT2D eigenvalue weighted by Crippen LogP contribution is 2.24. The van der Waals surface area contributed by atoms with Crippen LogP contribution in [0.5, 0.6) is 0 Å². The van der Waals surface area contributed by atoms with Gasteiger partial charge in [-0.15, -0.1) is 0 Å². The summed E-state index contributed by atoms with van der Waals surface area (Å²) in [6, 6.07) is 14.1. The van der Waals surface area contributed by atoms with Crippen LogP contribution in [0.1, 0.15) is 16.8 Å². The Labute approximate surface area is 111 Å². The molecule has 0 unspecified atom stereocenters. The molecule has 0 bridgehead atoms. The van der Waals surface area contributed by atoms with Crippen LogP contribution in [-0.2, 0) is 0 Å². The van der Waals surface area contributed by atoms with Crippen molar-refractivity contribution in [3.05, 3.63) is 59.4 Å². The van der Waals surface area contributed by atoms with Crippen molar-refractivity contribution < 1.29 is 0 Å². The Hall–Kier alpha value is -2.60. The number of fused-ring (bicyclic) bond motifs is 1. The number of pyridine rings is 1. The Morgan fingerprint density at radius 3 is 2.47 bits per heavy atom. The molecule has 0 amide bonds. The normalized spacial score (nSPS) is 10.6. The number of hydrogen-bond donors (Lipinski definition) is 0. The van der Waals surface area contributed by atoms with E-state index in [1.807, 2.05) is 23.6 Å². The van der Waals surface area contributed by atoms with Crippen LogP contribution in [0.3, 0.4) is 0 Å². The van der Waals surface area contributed by atoms with Gasteiger partial charge in [0.05, 0.1) is 11.3 Å². The van der Waals surface area contributed by atoms with Crippen molar-refractivity contribution in [2.24, 2.45) is 0 Å². The number of benzene rings is 1. The van der Waals surface area contributed by atoms with E-state index in [1.165, 1.54) is 5.56 Å². The molecular formula is C16H13N3. The monoisotopic (exact) mass is 247 g/mol. The topological polar surface area (TPSA) is 41.1 Å². The fraction of sp³-hybridized carbons (Fsp3) is 0.125. The minimum Gasteiger partial charge on any atom is -0.302 e. The predicted octanol–water partition coefficient (Wildman–Crippen LogP) is 3.49. The SMILES string of the molecule is Cc1ccc(-c2nc3ccc(C#N)cn3c2C)cc1. The molecule has 0 atom stereocenters. The Bertz CT molecular complexity index is 789. The van der Waals surface area contributed by atoms with Crippen molar-refractivity contribution in [1.82, 2.24) is 9.38 Å². The van der Waals surface area contributed by atoms with Crippen LogP contribution in [0.25, 0.3) is 16.9 Å². The fourth-order valence-corrected chi connectivity index (χ4v) is 2.21. The lowest BCUT2D eigenvalue weighted by molar-refractivity contribution is 1.10. The maximum absolute atomic E-state index is 8.96. The molecule has 2 aromatic heterocycles. The van der Waals surface area contributed by atoms with Crippen molar-refractivity contribution >= 4 is 5.65 Å². The van der Waals surface area contributed by atoms with Crippen molar-refractivity contribution in [3.63, 3.8) is 0 Å². The second-order valence-electron chi connectivity index (χ2n) is 4.67. The van der Waals surface area contributed by atoms with Gasteiger partial charge in [0, 0.05) is 17.5 Å². The van der Waals surface area contributed by atoms with Gasteiger partial charge >= 0.3 is 0 Å². The molecule has 1 aromatic carbocycles. The Morgan fingerprint density at radius 2 is 1.79 bits per heavy atom. The van der Waals surface area contributed by atoms with Gasteiger partial charge in [0.1, 0.15) is 11.7 Å². The smallest absolute Gasteiger partial charge is 0.137 e. The molecule has 19 heavy (non-hydrogen) atoms. The summed E-state index contributed by atoms with van der Waals surface area (Å²) in [7, 11) is 0. The molecule has 0 fully saturated rings. The average molecular weight is 247 g/mol. The van der Waals surface area contributed by atoms with Gasteiger partial charge in [0.15, 0.2) is 0 Å². The third-order valence-corrected chi connectivity index (χ3v) is 3.31. The highest BCUT2D eigenvalue weighted by molar-refractivity contribution is 5.66. The first kappa shape index (κ1) is 11.5. The molecule has 0 aliphatic heterocycles. The summed E-state index contributed by atoms with van der Waals surface area (Å²) in [6.45, 7) is 4.09. The van der Waals surface area contributed by atoms with Crippen LogP contribution in [-0.4, -0.2) is 9.38 Å². The summed E-state index contributed by atoms with van der Waals surface area (Å²) in [4.78, 5) is 4.64. The number of nitrogens with zero attached hydrogens (tertiary/aromatic N) is 3.